The number of benzene rings is 1. The molecule has 3 N–H and O–H groups in total. The molecule has 0 bridgehead atoms. The Bertz CT molecular complexity index is 583. The van der Waals surface area contributed by atoms with E-state index in [1.54, 1.807) is 0 Å². The molecule has 1 aliphatic carbocycles. The summed E-state index contributed by atoms with van der Waals surface area (Å²) >= 11 is 0. The molecule has 1 aromatic rings. The van der Waals surface area contributed by atoms with E-state index in [0.29, 0.717) is 12.3 Å². The van der Waals surface area contributed by atoms with E-state index >= 15 is 0 Å². The lowest BCUT2D eigenvalue weighted by atomic mass is 9.75. The van der Waals surface area contributed by atoms with Crippen molar-refractivity contribution in [3.05, 3.63) is 28.3 Å². The van der Waals surface area contributed by atoms with Crippen molar-refractivity contribution in [1.82, 2.24) is 0 Å². The van der Waals surface area contributed by atoms with Gasteiger partial charge < -0.3 is 15.6 Å². The Labute approximate surface area is 114 Å². The first-order chi connectivity index (χ1) is 8.99. The number of hydrogen-bond donors (Lipinski definition) is 2. The van der Waals surface area contributed by atoms with E-state index in [0.717, 1.165) is 46.4 Å². The fourth-order valence-corrected chi connectivity index (χ4v) is 3.17. The highest BCUT2D eigenvalue weighted by atomic mass is 16.5. The molecular formula is C16H21NO2. The minimum absolute atomic E-state index is 0.137. The van der Waals surface area contributed by atoms with E-state index in [4.69, 9.17) is 10.5 Å². The molecule has 0 amide bonds. The van der Waals surface area contributed by atoms with E-state index in [1.807, 2.05) is 20.8 Å². The minimum atomic E-state index is -0.137. The third-order valence-electron chi connectivity index (χ3n) is 4.70. The first-order valence-electron chi connectivity index (χ1n) is 6.93. The van der Waals surface area contributed by atoms with Gasteiger partial charge in [0, 0.05) is 17.7 Å². The fourth-order valence-electron chi connectivity index (χ4n) is 3.17. The molecule has 3 rings (SSSR count). The smallest absolute Gasteiger partial charge is 0.131 e. The number of phenolic OH excluding ortho intramolecular Hbond substituents is 1. The maximum absolute atomic E-state index is 10.2. The van der Waals surface area contributed by atoms with Crippen LogP contribution in [-0.2, 0) is 0 Å². The van der Waals surface area contributed by atoms with Crippen molar-refractivity contribution >= 4 is 5.57 Å². The third-order valence-corrected chi connectivity index (χ3v) is 4.70. The van der Waals surface area contributed by atoms with Crippen LogP contribution in [0, 0.1) is 20.8 Å². The highest BCUT2D eigenvalue weighted by molar-refractivity contribution is 5.80. The first kappa shape index (κ1) is 12.5. The SMILES string of the molecule is Cc1c(C)c2c(c(C)c1O)C(CN)=CC1(CCC1)O2. The molecule has 3 nitrogen and oxygen atoms in total. The predicted molar refractivity (Wildman–Crippen MR) is 76.6 cm³/mol. The quantitative estimate of drug-likeness (QED) is 0.815. The van der Waals surface area contributed by atoms with Gasteiger partial charge in [-0.2, -0.15) is 0 Å². The molecule has 0 radical (unpaired) electrons. The lowest BCUT2D eigenvalue weighted by Crippen LogP contribution is -2.44. The molecule has 0 unspecified atom stereocenters. The normalized spacial score (nSPS) is 19.5. The topological polar surface area (TPSA) is 55.5 Å². The van der Waals surface area contributed by atoms with Gasteiger partial charge in [-0.3, -0.25) is 0 Å². The number of ether oxygens (including phenoxy) is 1. The van der Waals surface area contributed by atoms with Crippen molar-refractivity contribution in [2.75, 3.05) is 6.54 Å². The Morgan fingerprint density at radius 3 is 2.42 bits per heavy atom. The minimum Gasteiger partial charge on any atom is -0.507 e. The fraction of sp³-hybridized carbons (Fsp3) is 0.500. The number of hydrogen-bond acceptors (Lipinski definition) is 3. The largest absolute Gasteiger partial charge is 0.507 e. The maximum atomic E-state index is 10.2. The van der Waals surface area contributed by atoms with Crippen molar-refractivity contribution in [3.8, 4) is 11.5 Å². The highest BCUT2D eigenvalue weighted by Crippen LogP contribution is 2.50. The summed E-state index contributed by atoms with van der Waals surface area (Å²) in [6, 6.07) is 0. The molecule has 0 aromatic heterocycles. The number of nitrogens with two attached hydrogens (primary N) is 1. The van der Waals surface area contributed by atoms with Gasteiger partial charge in [0.15, 0.2) is 0 Å². The monoisotopic (exact) mass is 259 g/mol. The summed E-state index contributed by atoms with van der Waals surface area (Å²) < 4.78 is 6.29. The second-order valence-corrected chi connectivity index (χ2v) is 5.82. The number of phenols is 1. The van der Waals surface area contributed by atoms with Gasteiger partial charge in [-0.15, -0.1) is 0 Å². The van der Waals surface area contributed by atoms with Crippen molar-refractivity contribution in [3.63, 3.8) is 0 Å². The molecule has 3 heteroatoms. The average molecular weight is 259 g/mol. The van der Waals surface area contributed by atoms with Gasteiger partial charge in [-0.05, 0) is 62.8 Å². The second-order valence-electron chi connectivity index (χ2n) is 5.82. The maximum Gasteiger partial charge on any atom is 0.131 e. The van der Waals surface area contributed by atoms with Gasteiger partial charge in [0.25, 0.3) is 0 Å². The zero-order chi connectivity index (χ0) is 13.8. The van der Waals surface area contributed by atoms with Crippen LogP contribution in [-0.4, -0.2) is 17.3 Å². The lowest BCUT2D eigenvalue weighted by Gasteiger charge is -2.44. The standard InChI is InChI=1S/C16H21NO2/c1-9-10(2)15-13(11(3)14(9)18)12(8-17)7-16(19-15)5-4-6-16/h7,18H,4-6,8,17H2,1-3H3. The molecule has 0 saturated heterocycles. The first-order valence-corrected chi connectivity index (χ1v) is 6.93. The Hall–Kier alpha value is -1.48. The average Bonchev–Trinajstić information content (AvgIpc) is 2.39. The van der Waals surface area contributed by atoms with Gasteiger partial charge >= 0.3 is 0 Å². The Kier molecular flexibility index (Phi) is 2.65. The van der Waals surface area contributed by atoms with Crippen LogP contribution in [0.1, 0.15) is 41.5 Å². The van der Waals surface area contributed by atoms with Crippen molar-refractivity contribution in [1.29, 1.82) is 0 Å². The van der Waals surface area contributed by atoms with Gasteiger partial charge in [-0.25, -0.2) is 0 Å². The van der Waals surface area contributed by atoms with Crippen LogP contribution in [0.4, 0.5) is 0 Å². The second kappa shape index (κ2) is 4.01. The summed E-state index contributed by atoms with van der Waals surface area (Å²) in [6.07, 6.45) is 5.52. The molecule has 1 aromatic carbocycles. The molecule has 0 atom stereocenters. The van der Waals surface area contributed by atoms with Crippen LogP contribution in [0.15, 0.2) is 6.08 Å². The van der Waals surface area contributed by atoms with E-state index in [9.17, 15) is 5.11 Å². The van der Waals surface area contributed by atoms with E-state index in [1.165, 1.54) is 6.42 Å². The zero-order valence-corrected chi connectivity index (χ0v) is 11.8. The summed E-state index contributed by atoms with van der Waals surface area (Å²) in [5.74, 6) is 1.29. The Balaban J connectivity index is 2.26. The van der Waals surface area contributed by atoms with Gasteiger partial charge in [-0.1, -0.05) is 0 Å². The van der Waals surface area contributed by atoms with Crippen LogP contribution < -0.4 is 10.5 Å². The van der Waals surface area contributed by atoms with E-state index < -0.39 is 0 Å². The molecule has 1 spiro atoms. The predicted octanol–water partition coefficient (Wildman–Crippen LogP) is 2.97. The number of fused-ring (bicyclic) bond motifs is 1. The number of rotatable bonds is 1. The van der Waals surface area contributed by atoms with E-state index in [2.05, 4.69) is 6.08 Å². The molecule has 19 heavy (non-hydrogen) atoms. The van der Waals surface area contributed by atoms with E-state index in [-0.39, 0.29) is 5.60 Å². The summed E-state index contributed by atoms with van der Waals surface area (Å²) in [7, 11) is 0. The van der Waals surface area contributed by atoms with Crippen LogP contribution in [0.2, 0.25) is 0 Å². The molecular weight excluding hydrogens is 238 g/mol. The molecule has 2 aliphatic rings. The third kappa shape index (κ3) is 1.61. The molecule has 1 heterocycles. The van der Waals surface area contributed by atoms with Gasteiger partial charge in [0.05, 0.1) is 0 Å². The number of aromatic hydroxyl groups is 1. The molecule has 1 fully saturated rings. The van der Waals surface area contributed by atoms with Crippen molar-refractivity contribution in [2.45, 2.75) is 45.6 Å². The Morgan fingerprint density at radius 2 is 1.89 bits per heavy atom. The molecule has 1 saturated carbocycles. The van der Waals surface area contributed by atoms with Crippen molar-refractivity contribution in [2.24, 2.45) is 5.73 Å². The lowest BCUT2D eigenvalue weighted by molar-refractivity contribution is 0.0365. The molecule has 1 aliphatic heterocycles. The van der Waals surface area contributed by atoms with Crippen LogP contribution in [0.25, 0.3) is 5.57 Å². The van der Waals surface area contributed by atoms with Crippen LogP contribution in [0.5, 0.6) is 11.5 Å². The highest BCUT2D eigenvalue weighted by Gasteiger charge is 2.42. The van der Waals surface area contributed by atoms with Crippen LogP contribution in [0.3, 0.4) is 0 Å². The van der Waals surface area contributed by atoms with Crippen molar-refractivity contribution < 1.29 is 9.84 Å². The Morgan fingerprint density at radius 1 is 1.21 bits per heavy atom. The summed E-state index contributed by atoms with van der Waals surface area (Å²) in [6.45, 7) is 6.38. The summed E-state index contributed by atoms with van der Waals surface area (Å²) in [5.41, 5.74) is 10.7. The summed E-state index contributed by atoms with van der Waals surface area (Å²) in [5, 5.41) is 10.2. The van der Waals surface area contributed by atoms with Gasteiger partial charge in [0.1, 0.15) is 17.1 Å². The molecule has 102 valence electrons. The zero-order valence-electron chi connectivity index (χ0n) is 11.8. The summed E-state index contributed by atoms with van der Waals surface area (Å²) in [4.78, 5) is 0. The van der Waals surface area contributed by atoms with Gasteiger partial charge in [0.2, 0.25) is 0 Å². The van der Waals surface area contributed by atoms with Crippen LogP contribution >= 0.6 is 0 Å².